The Hall–Kier alpha value is -2.86. The lowest BCUT2D eigenvalue weighted by molar-refractivity contribution is 0.185. The lowest BCUT2D eigenvalue weighted by Crippen LogP contribution is -2.33. The third-order valence-corrected chi connectivity index (χ3v) is 6.71. The van der Waals surface area contributed by atoms with E-state index in [9.17, 15) is 0 Å². The van der Waals surface area contributed by atoms with Crippen LogP contribution >= 0.6 is 0 Å². The molecular weight excluding hydrogens is 388 g/mol. The fourth-order valence-corrected chi connectivity index (χ4v) is 4.94. The first-order chi connectivity index (χ1) is 15.1. The number of aryl methyl sites for hydroxylation is 1. The van der Waals surface area contributed by atoms with E-state index in [2.05, 4.69) is 65.2 Å². The molecule has 0 radical (unpaired) electrons. The number of rotatable bonds is 5. The molecule has 6 nitrogen and oxygen atoms in total. The maximum atomic E-state index is 6.04. The molecule has 6 heteroatoms. The lowest BCUT2D eigenvalue weighted by Gasteiger charge is -2.32. The number of benzene rings is 2. The molecule has 0 bridgehead atoms. The minimum absolute atomic E-state index is 0.423. The van der Waals surface area contributed by atoms with Crippen LogP contribution in [0.25, 0.3) is 10.8 Å². The van der Waals surface area contributed by atoms with Crippen molar-refractivity contribution in [3.8, 4) is 11.9 Å². The Morgan fingerprint density at radius 2 is 1.94 bits per heavy atom. The lowest BCUT2D eigenvalue weighted by atomic mass is 10.0. The molecule has 0 saturated carbocycles. The van der Waals surface area contributed by atoms with Gasteiger partial charge >= 0.3 is 6.01 Å². The van der Waals surface area contributed by atoms with Gasteiger partial charge in [0.05, 0.1) is 19.3 Å². The normalized spacial score (nSPS) is 18.9. The smallest absolute Gasteiger partial charge is 0.320 e. The fraction of sp³-hybridized carbons (Fsp3) is 0.440. The Labute approximate surface area is 183 Å². The number of methoxy groups -OCH3 is 1. The van der Waals surface area contributed by atoms with Crippen molar-refractivity contribution in [3.05, 3.63) is 53.2 Å². The quantitative estimate of drug-likeness (QED) is 0.625. The summed E-state index contributed by atoms with van der Waals surface area (Å²) in [5, 5.41) is 2.59. The van der Waals surface area contributed by atoms with Crippen LogP contribution in [0.5, 0.6) is 11.9 Å². The number of likely N-dealkylation sites (tertiary alicyclic amines) is 1. The number of ether oxygens (including phenoxy) is 2. The maximum Gasteiger partial charge on any atom is 0.320 e. The Balaban J connectivity index is 1.44. The molecule has 0 N–H and O–H groups in total. The third-order valence-electron chi connectivity index (χ3n) is 6.71. The maximum absolute atomic E-state index is 6.04. The molecule has 0 aliphatic carbocycles. The summed E-state index contributed by atoms with van der Waals surface area (Å²) in [6.07, 6.45) is 3.23. The summed E-state index contributed by atoms with van der Waals surface area (Å²) in [6.45, 7) is 5.56. The zero-order valence-corrected chi connectivity index (χ0v) is 18.6. The SMILES string of the molecule is COc1nc(OC[C@@H]2CCCN2C)nc2c1CCN(c1cccc3cccc(C)c13)C2. The van der Waals surface area contributed by atoms with Crippen molar-refractivity contribution in [2.75, 3.05) is 38.8 Å². The van der Waals surface area contributed by atoms with Gasteiger partial charge in [-0.1, -0.05) is 30.3 Å². The van der Waals surface area contributed by atoms with E-state index in [1.165, 1.54) is 28.4 Å². The van der Waals surface area contributed by atoms with Crippen molar-refractivity contribution < 1.29 is 9.47 Å². The van der Waals surface area contributed by atoms with Gasteiger partial charge in [0.2, 0.25) is 5.88 Å². The predicted molar refractivity (Wildman–Crippen MR) is 123 cm³/mol. The molecule has 162 valence electrons. The number of anilines is 1. The molecule has 0 spiro atoms. The highest BCUT2D eigenvalue weighted by Gasteiger charge is 2.26. The summed E-state index contributed by atoms with van der Waals surface area (Å²) in [6, 6.07) is 13.9. The highest BCUT2D eigenvalue weighted by atomic mass is 16.5. The van der Waals surface area contributed by atoms with Crippen molar-refractivity contribution in [1.29, 1.82) is 0 Å². The van der Waals surface area contributed by atoms with E-state index >= 15 is 0 Å². The summed E-state index contributed by atoms with van der Waals surface area (Å²) in [5.41, 5.74) is 4.65. The Morgan fingerprint density at radius 3 is 2.71 bits per heavy atom. The zero-order chi connectivity index (χ0) is 21.4. The second kappa shape index (κ2) is 8.35. The van der Waals surface area contributed by atoms with Gasteiger partial charge in [0.15, 0.2) is 0 Å². The van der Waals surface area contributed by atoms with Gasteiger partial charge in [-0.3, -0.25) is 0 Å². The standard InChI is InChI=1S/C25H30N4O2/c1-17-7-4-8-18-9-5-11-22(23(17)18)29-14-12-20-21(15-29)26-25(27-24(20)30-3)31-16-19-10-6-13-28(19)2/h4-5,7-9,11,19H,6,10,12-16H2,1-3H3/t19-/m0/s1. The van der Waals surface area contributed by atoms with Gasteiger partial charge < -0.3 is 19.3 Å². The molecule has 5 rings (SSSR count). The number of hydrogen-bond acceptors (Lipinski definition) is 6. The Morgan fingerprint density at radius 1 is 1.10 bits per heavy atom. The van der Waals surface area contributed by atoms with Crippen LogP contribution in [0.1, 0.15) is 29.7 Å². The second-order valence-electron chi connectivity index (χ2n) is 8.65. The second-order valence-corrected chi connectivity index (χ2v) is 8.65. The first-order valence-electron chi connectivity index (χ1n) is 11.1. The summed E-state index contributed by atoms with van der Waals surface area (Å²) >= 11 is 0. The van der Waals surface area contributed by atoms with E-state index in [1.54, 1.807) is 7.11 Å². The molecule has 0 amide bonds. The average Bonchev–Trinajstić information content (AvgIpc) is 3.21. The minimum atomic E-state index is 0.423. The van der Waals surface area contributed by atoms with Crippen LogP contribution in [0.2, 0.25) is 0 Å². The molecule has 1 saturated heterocycles. The average molecular weight is 419 g/mol. The largest absolute Gasteiger partial charge is 0.481 e. The van der Waals surface area contributed by atoms with E-state index in [4.69, 9.17) is 14.5 Å². The summed E-state index contributed by atoms with van der Waals surface area (Å²) in [7, 11) is 3.83. The van der Waals surface area contributed by atoms with E-state index in [0.29, 0.717) is 24.5 Å². The Kier molecular flexibility index (Phi) is 5.40. The highest BCUT2D eigenvalue weighted by Crippen LogP contribution is 2.34. The van der Waals surface area contributed by atoms with E-state index in [0.717, 1.165) is 43.7 Å². The van der Waals surface area contributed by atoms with E-state index < -0.39 is 0 Å². The minimum Gasteiger partial charge on any atom is -0.481 e. The van der Waals surface area contributed by atoms with Crippen molar-refractivity contribution in [2.24, 2.45) is 0 Å². The van der Waals surface area contributed by atoms with Crippen molar-refractivity contribution >= 4 is 16.5 Å². The molecule has 1 atom stereocenters. The summed E-state index contributed by atoms with van der Waals surface area (Å²) in [4.78, 5) is 14.1. The molecule has 1 fully saturated rings. The number of nitrogens with zero attached hydrogens (tertiary/aromatic N) is 4. The monoisotopic (exact) mass is 418 g/mol. The first kappa shape index (κ1) is 20.1. The first-order valence-corrected chi connectivity index (χ1v) is 11.1. The number of hydrogen-bond donors (Lipinski definition) is 0. The molecule has 2 aliphatic heterocycles. The molecule has 3 aromatic rings. The highest BCUT2D eigenvalue weighted by molar-refractivity contribution is 5.96. The predicted octanol–water partition coefficient (Wildman–Crippen LogP) is 3.98. The van der Waals surface area contributed by atoms with Crippen LogP contribution in [0.3, 0.4) is 0 Å². The third kappa shape index (κ3) is 3.81. The van der Waals surface area contributed by atoms with Gasteiger partial charge in [-0.25, -0.2) is 0 Å². The molecule has 2 aromatic carbocycles. The molecule has 0 unspecified atom stereocenters. The van der Waals surface area contributed by atoms with Crippen molar-refractivity contribution in [3.63, 3.8) is 0 Å². The number of likely N-dealkylation sites (N-methyl/N-ethyl adjacent to an activating group) is 1. The molecule has 31 heavy (non-hydrogen) atoms. The summed E-state index contributed by atoms with van der Waals surface area (Å²) < 4.78 is 11.7. The molecular formula is C25H30N4O2. The molecule has 2 aliphatic rings. The van der Waals surface area contributed by atoms with Gasteiger partial charge in [0.25, 0.3) is 0 Å². The fourth-order valence-electron chi connectivity index (χ4n) is 4.94. The Bertz CT molecular complexity index is 1100. The van der Waals surface area contributed by atoms with Crippen molar-refractivity contribution in [1.82, 2.24) is 14.9 Å². The topological polar surface area (TPSA) is 50.7 Å². The summed E-state index contributed by atoms with van der Waals surface area (Å²) in [5.74, 6) is 0.647. The molecule has 3 heterocycles. The van der Waals surface area contributed by atoms with Gasteiger partial charge in [-0.05, 0) is 56.8 Å². The van der Waals surface area contributed by atoms with Crippen molar-refractivity contribution in [2.45, 2.75) is 38.8 Å². The van der Waals surface area contributed by atoms with Crippen LogP contribution in [0, 0.1) is 6.92 Å². The van der Waals surface area contributed by atoms with Gasteiger partial charge in [0, 0.05) is 29.2 Å². The van der Waals surface area contributed by atoms with Crippen LogP contribution in [0.4, 0.5) is 5.69 Å². The zero-order valence-electron chi connectivity index (χ0n) is 18.6. The van der Waals surface area contributed by atoms with E-state index in [1.807, 2.05) is 0 Å². The number of fused-ring (bicyclic) bond motifs is 2. The van der Waals surface area contributed by atoms with Crippen LogP contribution in [0.15, 0.2) is 36.4 Å². The van der Waals surface area contributed by atoms with Crippen LogP contribution in [-0.2, 0) is 13.0 Å². The van der Waals surface area contributed by atoms with Gasteiger partial charge in [-0.15, -0.1) is 0 Å². The van der Waals surface area contributed by atoms with Gasteiger partial charge in [0.1, 0.15) is 6.61 Å². The number of aromatic nitrogens is 2. The molecule has 1 aromatic heterocycles. The van der Waals surface area contributed by atoms with Crippen LogP contribution < -0.4 is 14.4 Å². The van der Waals surface area contributed by atoms with Crippen LogP contribution in [-0.4, -0.2) is 54.8 Å². The van der Waals surface area contributed by atoms with E-state index in [-0.39, 0.29) is 0 Å². The van der Waals surface area contributed by atoms with Gasteiger partial charge in [-0.2, -0.15) is 9.97 Å².